The summed E-state index contributed by atoms with van der Waals surface area (Å²) in [4.78, 5) is 16.0. The SMILES string of the molecule is CN1CN(C)N(C)CN(C(=O)c2ccccc2)C1=S. The molecule has 1 aliphatic rings. The first-order valence-corrected chi connectivity index (χ1v) is 6.45. The van der Waals surface area contributed by atoms with Gasteiger partial charge >= 0.3 is 0 Å². The van der Waals surface area contributed by atoms with Gasteiger partial charge in [-0.25, -0.2) is 10.0 Å². The summed E-state index contributed by atoms with van der Waals surface area (Å²) in [5.74, 6) is -0.0698. The lowest BCUT2D eigenvalue weighted by atomic mass is 10.2. The Morgan fingerprint density at radius 3 is 2.26 bits per heavy atom. The second-order valence-corrected chi connectivity index (χ2v) is 5.04. The number of carbonyl (C=O) groups excluding carboxylic acids is 1. The predicted octanol–water partition coefficient (Wildman–Crippen LogP) is 1.05. The Kier molecular flexibility index (Phi) is 4.14. The number of rotatable bonds is 1. The summed E-state index contributed by atoms with van der Waals surface area (Å²) in [5, 5.41) is 4.53. The minimum atomic E-state index is -0.0698. The van der Waals surface area contributed by atoms with Crippen LogP contribution in [-0.4, -0.2) is 65.3 Å². The molecule has 0 aliphatic carbocycles. The standard InChI is InChI=1S/C13H18N4OS/c1-14-9-15(2)16(3)10-17(13(14)19)12(18)11-7-5-4-6-8-11/h4-8H,9-10H2,1-3H3. The Balaban J connectivity index is 2.26. The largest absolute Gasteiger partial charge is 0.338 e. The minimum Gasteiger partial charge on any atom is -0.338 e. The van der Waals surface area contributed by atoms with Gasteiger partial charge in [0.15, 0.2) is 5.11 Å². The third-order valence-corrected chi connectivity index (χ3v) is 3.70. The lowest BCUT2D eigenvalue weighted by Crippen LogP contribution is -2.45. The van der Waals surface area contributed by atoms with Crippen molar-refractivity contribution >= 4 is 23.2 Å². The van der Waals surface area contributed by atoms with Crippen molar-refractivity contribution in [3.05, 3.63) is 35.9 Å². The van der Waals surface area contributed by atoms with Crippen molar-refractivity contribution in [2.24, 2.45) is 0 Å². The molecule has 0 atom stereocenters. The van der Waals surface area contributed by atoms with E-state index in [1.807, 2.05) is 54.3 Å². The van der Waals surface area contributed by atoms with Gasteiger partial charge in [0.05, 0.1) is 13.3 Å². The quantitative estimate of drug-likeness (QED) is 0.717. The van der Waals surface area contributed by atoms with E-state index in [0.29, 0.717) is 24.0 Å². The van der Waals surface area contributed by atoms with Crippen LogP contribution in [0.3, 0.4) is 0 Å². The highest BCUT2D eigenvalue weighted by atomic mass is 32.1. The average Bonchev–Trinajstić information content (AvgIpc) is 2.51. The van der Waals surface area contributed by atoms with E-state index in [1.165, 1.54) is 0 Å². The van der Waals surface area contributed by atoms with Crippen LogP contribution >= 0.6 is 12.2 Å². The number of hydrogen-bond acceptors (Lipinski definition) is 4. The molecule has 0 bridgehead atoms. The van der Waals surface area contributed by atoms with Crippen LogP contribution in [0.25, 0.3) is 0 Å². The maximum atomic E-state index is 12.5. The van der Waals surface area contributed by atoms with Crippen LogP contribution in [0.4, 0.5) is 0 Å². The number of benzene rings is 1. The fourth-order valence-electron chi connectivity index (χ4n) is 1.94. The van der Waals surface area contributed by atoms with Crippen LogP contribution < -0.4 is 0 Å². The smallest absolute Gasteiger partial charge is 0.261 e. The molecule has 1 heterocycles. The molecule has 19 heavy (non-hydrogen) atoms. The molecule has 1 aliphatic heterocycles. The zero-order valence-electron chi connectivity index (χ0n) is 11.4. The van der Waals surface area contributed by atoms with Crippen LogP contribution in [0.1, 0.15) is 10.4 Å². The van der Waals surface area contributed by atoms with Gasteiger partial charge in [0.1, 0.15) is 0 Å². The number of hydrogen-bond donors (Lipinski definition) is 0. The van der Waals surface area contributed by atoms with Crippen molar-refractivity contribution in [1.82, 2.24) is 19.8 Å². The third kappa shape index (κ3) is 2.91. The molecule has 0 unspecified atom stereocenters. The van der Waals surface area contributed by atoms with E-state index in [2.05, 4.69) is 0 Å². The molecular weight excluding hydrogens is 260 g/mol. The van der Waals surface area contributed by atoms with Crippen LogP contribution in [0.2, 0.25) is 0 Å². The lowest BCUT2D eigenvalue weighted by Gasteiger charge is -2.27. The Morgan fingerprint density at radius 2 is 1.63 bits per heavy atom. The summed E-state index contributed by atoms with van der Waals surface area (Å²) in [6.07, 6.45) is 0. The van der Waals surface area contributed by atoms with Crippen molar-refractivity contribution < 1.29 is 4.79 Å². The first-order chi connectivity index (χ1) is 9.00. The van der Waals surface area contributed by atoms with Crippen LogP contribution in [0, 0.1) is 0 Å². The maximum Gasteiger partial charge on any atom is 0.261 e. The van der Waals surface area contributed by atoms with Gasteiger partial charge in [0, 0.05) is 26.7 Å². The Morgan fingerprint density at radius 1 is 1.05 bits per heavy atom. The number of nitrogens with zero attached hydrogens (tertiary/aromatic N) is 4. The first kappa shape index (κ1) is 13.9. The normalized spacial score (nSPS) is 18.6. The fraction of sp³-hybridized carbons (Fsp3) is 0.385. The zero-order chi connectivity index (χ0) is 14.0. The summed E-state index contributed by atoms with van der Waals surface area (Å²) < 4.78 is 0. The van der Waals surface area contributed by atoms with Crippen LogP contribution in [0.5, 0.6) is 0 Å². The van der Waals surface area contributed by atoms with Gasteiger partial charge in [-0.3, -0.25) is 9.69 Å². The average molecular weight is 278 g/mol. The molecule has 1 fully saturated rings. The molecule has 0 saturated carbocycles. The molecule has 1 amide bonds. The van der Waals surface area contributed by atoms with E-state index < -0.39 is 0 Å². The molecule has 0 spiro atoms. The monoisotopic (exact) mass is 278 g/mol. The van der Waals surface area contributed by atoms with Gasteiger partial charge in [0.25, 0.3) is 5.91 Å². The van der Waals surface area contributed by atoms with E-state index in [9.17, 15) is 4.79 Å². The molecule has 0 N–H and O–H groups in total. The highest BCUT2D eigenvalue weighted by Crippen LogP contribution is 2.12. The summed E-state index contributed by atoms with van der Waals surface area (Å²) in [7, 11) is 5.80. The number of hydrazine groups is 1. The molecule has 6 heteroatoms. The number of thiocarbonyl (C=S) groups is 1. The van der Waals surface area contributed by atoms with Gasteiger partial charge in [0.2, 0.25) is 0 Å². The van der Waals surface area contributed by atoms with Crippen molar-refractivity contribution in [2.75, 3.05) is 34.5 Å². The summed E-state index contributed by atoms with van der Waals surface area (Å²) >= 11 is 5.40. The Hall–Kier alpha value is -1.50. The Labute approximate surface area is 119 Å². The number of amides is 1. The van der Waals surface area contributed by atoms with Crippen molar-refractivity contribution in [3.8, 4) is 0 Å². The molecule has 102 valence electrons. The molecule has 1 aromatic rings. The number of carbonyl (C=O) groups is 1. The second kappa shape index (κ2) is 5.64. The molecule has 5 nitrogen and oxygen atoms in total. The first-order valence-electron chi connectivity index (χ1n) is 6.05. The minimum absolute atomic E-state index is 0.0698. The van der Waals surface area contributed by atoms with Crippen molar-refractivity contribution in [2.45, 2.75) is 0 Å². The Bertz CT molecular complexity index is 479. The van der Waals surface area contributed by atoms with Gasteiger partial charge in [-0.1, -0.05) is 18.2 Å². The van der Waals surface area contributed by atoms with Crippen molar-refractivity contribution in [1.29, 1.82) is 0 Å². The lowest BCUT2D eigenvalue weighted by molar-refractivity contribution is -0.00451. The van der Waals surface area contributed by atoms with E-state index in [1.54, 1.807) is 17.0 Å². The van der Waals surface area contributed by atoms with Crippen LogP contribution in [-0.2, 0) is 0 Å². The molecular formula is C13H18N4OS. The topological polar surface area (TPSA) is 30.0 Å². The van der Waals surface area contributed by atoms with Gasteiger partial charge in [-0.15, -0.1) is 0 Å². The van der Waals surface area contributed by atoms with E-state index in [0.717, 1.165) is 0 Å². The highest BCUT2D eigenvalue weighted by Gasteiger charge is 2.28. The summed E-state index contributed by atoms with van der Waals surface area (Å²) in [5.41, 5.74) is 0.649. The maximum absolute atomic E-state index is 12.5. The molecule has 1 aromatic carbocycles. The zero-order valence-corrected chi connectivity index (χ0v) is 12.2. The molecule has 0 aromatic heterocycles. The summed E-state index contributed by atoms with van der Waals surface area (Å²) in [6, 6.07) is 9.21. The highest BCUT2D eigenvalue weighted by molar-refractivity contribution is 7.80. The predicted molar refractivity (Wildman–Crippen MR) is 78.2 cm³/mol. The van der Waals surface area contributed by atoms with E-state index in [-0.39, 0.29) is 5.91 Å². The fourth-order valence-corrected chi connectivity index (χ4v) is 2.14. The van der Waals surface area contributed by atoms with E-state index >= 15 is 0 Å². The van der Waals surface area contributed by atoms with Gasteiger partial charge in [-0.05, 0) is 24.4 Å². The molecule has 0 radical (unpaired) electrons. The molecule has 1 saturated heterocycles. The second-order valence-electron chi connectivity index (χ2n) is 4.68. The summed E-state index contributed by atoms with van der Waals surface area (Å²) in [6.45, 7) is 1.11. The van der Waals surface area contributed by atoms with E-state index in [4.69, 9.17) is 12.2 Å². The van der Waals surface area contributed by atoms with Crippen molar-refractivity contribution in [3.63, 3.8) is 0 Å². The molecule has 2 rings (SSSR count). The van der Waals surface area contributed by atoms with Gasteiger partial charge in [-0.2, -0.15) is 0 Å². The van der Waals surface area contributed by atoms with Gasteiger partial charge < -0.3 is 4.90 Å². The van der Waals surface area contributed by atoms with Crippen LogP contribution in [0.15, 0.2) is 30.3 Å². The third-order valence-electron chi connectivity index (χ3n) is 3.17.